The van der Waals surface area contributed by atoms with E-state index in [1.165, 1.54) is 56.3 Å². The summed E-state index contributed by atoms with van der Waals surface area (Å²) in [6.45, 7) is 14.8. The summed E-state index contributed by atoms with van der Waals surface area (Å²) in [5.74, 6) is 0. The van der Waals surface area contributed by atoms with Crippen LogP contribution in [0.1, 0.15) is 53.4 Å². The summed E-state index contributed by atoms with van der Waals surface area (Å²) >= 11 is 0. The van der Waals surface area contributed by atoms with E-state index in [1.54, 1.807) is 0 Å². The van der Waals surface area contributed by atoms with Crippen molar-refractivity contribution in [3.05, 3.63) is 0 Å². The number of hydrogen-bond acceptors (Lipinski definition) is 1. The topological polar surface area (TPSA) is 57.5 Å². The molecule has 0 amide bonds. The van der Waals surface area contributed by atoms with Gasteiger partial charge in [0.2, 0.25) is 0 Å². The van der Waals surface area contributed by atoms with E-state index in [2.05, 4.69) is 27.7 Å². The molecule has 0 saturated heterocycles. The molecule has 7 heteroatoms. The Morgan fingerprint density at radius 2 is 0.895 bits per heavy atom. The Morgan fingerprint density at radius 1 is 0.737 bits per heavy atom. The van der Waals surface area contributed by atoms with Crippen molar-refractivity contribution >= 4 is 68.3 Å². The number of rotatable bonds is 8. The van der Waals surface area contributed by atoms with Crippen LogP contribution >= 0.6 is 0 Å². The van der Waals surface area contributed by atoms with Gasteiger partial charge in [-0.2, -0.15) is 0 Å². The summed E-state index contributed by atoms with van der Waals surface area (Å²) in [7, 11) is -3.13. The van der Waals surface area contributed by atoms with Crippen LogP contribution in [0.3, 0.4) is 0 Å². The first-order valence-electron chi connectivity index (χ1n) is 6.74. The van der Waals surface area contributed by atoms with Gasteiger partial charge in [-0.25, -0.2) is 0 Å². The Bertz CT molecular complexity index is 164. The predicted octanol–water partition coefficient (Wildman–Crippen LogP) is 0.533. The first kappa shape index (κ1) is 28.7. The van der Waals surface area contributed by atoms with E-state index in [-0.39, 0.29) is 59.1 Å². The van der Waals surface area contributed by atoms with E-state index < -0.39 is 9.17 Å². The minimum absolute atomic E-state index is 0. The van der Waals surface area contributed by atoms with Gasteiger partial charge in [0, 0.05) is 0 Å². The molecule has 0 radical (unpaired) electrons. The molecular formula is C12H32NNa2O3Si+. The van der Waals surface area contributed by atoms with Crippen LogP contribution in [0.5, 0.6) is 0 Å². The zero-order valence-electron chi connectivity index (χ0n) is 11.9. The Balaban J connectivity index is -0.000000165. The van der Waals surface area contributed by atoms with Crippen molar-refractivity contribution in [1.82, 2.24) is 0 Å². The minimum atomic E-state index is -3.13. The van der Waals surface area contributed by atoms with Gasteiger partial charge < -0.3 is 14.1 Å². The molecular weight excluding hydrogens is 280 g/mol. The molecule has 0 aromatic rings. The number of nitrogens with zero attached hydrogens (tertiary/aromatic N) is 1. The van der Waals surface area contributed by atoms with Crippen molar-refractivity contribution in [2.75, 3.05) is 26.2 Å². The molecule has 0 bridgehead atoms. The van der Waals surface area contributed by atoms with E-state index in [4.69, 9.17) is 14.1 Å². The third-order valence-electron chi connectivity index (χ3n) is 2.79. The summed E-state index contributed by atoms with van der Waals surface area (Å²) in [4.78, 5) is 14.3. The molecule has 0 aromatic heterocycles. The Hall–Kier alpha value is 1.58. The quantitative estimate of drug-likeness (QED) is 0.508. The maximum absolute atomic E-state index is 8.74. The van der Waals surface area contributed by atoms with Crippen molar-refractivity contribution in [3.8, 4) is 0 Å². The van der Waals surface area contributed by atoms with Gasteiger partial charge >= 0.3 is 68.3 Å². The zero-order chi connectivity index (χ0) is 13.7. The summed E-state index contributed by atoms with van der Waals surface area (Å²) in [5.41, 5.74) is 0. The second-order valence-electron chi connectivity index (χ2n) is 4.52. The molecule has 0 atom stereocenters. The Kier molecular flexibility index (Phi) is 29.6. The average Bonchev–Trinajstić information content (AvgIpc) is 2.18. The molecule has 4 nitrogen and oxygen atoms in total. The second kappa shape index (κ2) is 19.6. The molecule has 108 valence electrons. The molecule has 0 rings (SSSR count). The molecule has 0 aliphatic rings. The molecule has 0 aliphatic heterocycles. The van der Waals surface area contributed by atoms with E-state index in [9.17, 15) is 0 Å². The molecule has 0 aliphatic carbocycles. The van der Waals surface area contributed by atoms with Gasteiger partial charge in [-0.15, -0.1) is 0 Å². The van der Waals surface area contributed by atoms with Crippen molar-refractivity contribution in [2.24, 2.45) is 0 Å². The fourth-order valence-corrected chi connectivity index (χ4v) is 2.57. The summed E-state index contributed by atoms with van der Waals surface area (Å²) in [6, 6.07) is 0. The maximum atomic E-state index is 8.74. The van der Waals surface area contributed by atoms with Crippen LogP contribution < -0.4 is 0 Å². The van der Waals surface area contributed by atoms with Gasteiger partial charge in [0.1, 0.15) is 0 Å². The normalized spacial score (nSPS) is 9.47. The molecule has 0 unspecified atom stereocenters. The first-order valence-corrected chi connectivity index (χ1v) is 8.05. The Labute approximate surface area is 165 Å². The van der Waals surface area contributed by atoms with E-state index in [0.717, 1.165) is 0 Å². The molecule has 0 aromatic carbocycles. The van der Waals surface area contributed by atoms with Crippen molar-refractivity contribution in [1.29, 1.82) is 0 Å². The van der Waals surface area contributed by atoms with Crippen LogP contribution in [0.15, 0.2) is 0 Å². The van der Waals surface area contributed by atoms with Crippen LogP contribution in [0, 0.1) is 0 Å². The Morgan fingerprint density at radius 3 is 1.00 bits per heavy atom. The standard InChI is InChI=1S/C12H28N.2Na.H2O3Si.2H/c1-5-9-13(10-6-2,11-7-3)12-8-4;;;1-4(2)3;;/h5-12H2,1-4H3;;;1-2H;;/q+1;;;;;. The molecule has 19 heavy (non-hydrogen) atoms. The first-order chi connectivity index (χ1) is 7.97. The third-order valence-corrected chi connectivity index (χ3v) is 2.79. The monoisotopic (exact) mass is 312 g/mol. The fourth-order valence-electron chi connectivity index (χ4n) is 2.57. The van der Waals surface area contributed by atoms with Gasteiger partial charge in [-0.1, -0.05) is 27.7 Å². The zero-order valence-corrected chi connectivity index (χ0v) is 12.9. The number of hydrogen-bond donors (Lipinski definition) is 2. The SMILES string of the molecule is CCC[N+](CCC)(CCC)CCC.O=[Si](O)O.[NaH].[NaH]. The van der Waals surface area contributed by atoms with Crippen LogP contribution in [0.2, 0.25) is 0 Å². The average molecular weight is 312 g/mol. The third kappa shape index (κ3) is 19.6. The van der Waals surface area contributed by atoms with Gasteiger partial charge in [0.05, 0.1) is 26.2 Å². The molecule has 0 spiro atoms. The summed E-state index contributed by atoms with van der Waals surface area (Å²) in [6.07, 6.45) is 5.33. The van der Waals surface area contributed by atoms with Gasteiger partial charge in [-0.05, 0) is 25.7 Å². The van der Waals surface area contributed by atoms with E-state index >= 15 is 0 Å². The van der Waals surface area contributed by atoms with Gasteiger partial charge in [-0.3, -0.25) is 4.46 Å². The van der Waals surface area contributed by atoms with E-state index in [1.807, 2.05) is 0 Å². The van der Waals surface area contributed by atoms with Crippen molar-refractivity contribution in [2.45, 2.75) is 53.4 Å². The van der Waals surface area contributed by atoms with Crippen LogP contribution in [0.4, 0.5) is 0 Å². The molecule has 0 fully saturated rings. The van der Waals surface area contributed by atoms with Crippen molar-refractivity contribution in [3.63, 3.8) is 0 Å². The molecule has 2 N–H and O–H groups in total. The van der Waals surface area contributed by atoms with Gasteiger partial charge in [0.25, 0.3) is 0 Å². The van der Waals surface area contributed by atoms with Crippen LogP contribution in [0.25, 0.3) is 0 Å². The predicted molar refractivity (Wildman–Crippen MR) is 86.1 cm³/mol. The van der Waals surface area contributed by atoms with Gasteiger partial charge in [0.15, 0.2) is 0 Å². The number of quaternary nitrogens is 1. The van der Waals surface area contributed by atoms with E-state index in [0.29, 0.717) is 0 Å². The van der Waals surface area contributed by atoms with Crippen LogP contribution in [-0.2, 0) is 4.46 Å². The van der Waals surface area contributed by atoms with Crippen LogP contribution in [-0.4, -0.2) is 109 Å². The summed E-state index contributed by atoms with van der Waals surface area (Å²) < 4.78 is 10.1. The molecule has 0 saturated carbocycles. The molecule has 0 heterocycles. The van der Waals surface area contributed by atoms with Crippen molar-refractivity contribution < 1.29 is 18.5 Å². The fraction of sp³-hybridized carbons (Fsp3) is 1.00. The second-order valence-corrected chi connectivity index (χ2v) is 5.08. The summed E-state index contributed by atoms with van der Waals surface area (Å²) in [5, 5.41) is 0.